The van der Waals surface area contributed by atoms with Gasteiger partial charge in [0.1, 0.15) is 0 Å². The van der Waals surface area contributed by atoms with E-state index in [9.17, 15) is 5.11 Å². The molecular weight excluding hydrogens is 192 g/mol. The van der Waals surface area contributed by atoms with Crippen molar-refractivity contribution in [2.24, 2.45) is 0 Å². The minimum Gasteiger partial charge on any atom is -0.399 e. The second-order valence-corrected chi connectivity index (χ2v) is 3.83. The van der Waals surface area contributed by atoms with E-state index < -0.39 is 6.10 Å². The second kappa shape index (κ2) is 5.11. The summed E-state index contributed by atoms with van der Waals surface area (Å²) in [6, 6.07) is 6.72. The van der Waals surface area contributed by atoms with Gasteiger partial charge < -0.3 is 20.8 Å². The van der Waals surface area contributed by atoms with Gasteiger partial charge in [0.2, 0.25) is 0 Å². The Bertz CT molecular complexity index is 298. The third-order valence-electron chi connectivity index (χ3n) is 2.49. The fourth-order valence-electron chi connectivity index (χ4n) is 1.46. The van der Waals surface area contributed by atoms with Gasteiger partial charge in [-0.2, -0.15) is 0 Å². The third-order valence-corrected chi connectivity index (χ3v) is 2.49. The molecule has 4 N–H and O–H groups in total. The van der Waals surface area contributed by atoms with E-state index in [-0.39, 0.29) is 12.6 Å². The standard InChI is InChI=1S/C11H18N2O2/c1-13(2)10(7-14)11(15)8-3-5-9(12)6-4-8/h3-6,10-11,14-15H,7,12H2,1-2H3/t10-,11-/m0/s1. The third kappa shape index (κ3) is 2.92. The molecule has 1 aromatic carbocycles. The molecule has 84 valence electrons. The Hall–Kier alpha value is -1.10. The lowest BCUT2D eigenvalue weighted by atomic mass is 10.0. The van der Waals surface area contributed by atoms with Crippen molar-refractivity contribution >= 4 is 5.69 Å². The molecule has 0 radical (unpaired) electrons. The maximum absolute atomic E-state index is 10.00. The van der Waals surface area contributed by atoms with E-state index in [2.05, 4.69) is 0 Å². The van der Waals surface area contributed by atoms with Crippen LogP contribution in [0.5, 0.6) is 0 Å². The van der Waals surface area contributed by atoms with E-state index in [1.807, 2.05) is 14.1 Å². The van der Waals surface area contributed by atoms with Crippen LogP contribution in [0.1, 0.15) is 11.7 Å². The number of hydrogen-bond acceptors (Lipinski definition) is 4. The van der Waals surface area contributed by atoms with Crippen LogP contribution in [-0.2, 0) is 0 Å². The van der Waals surface area contributed by atoms with Crippen molar-refractivity contribution in [1.82, 2.24) is 4.90 Å². The summed E-state index contributed by atoms with van der Waals surface area (Å²) in [5.41, 5.74) is 6.98. The molecule has 1 aromatic rings. The first-order valence-corrected chi connectivity index (χ1v) is 4.87. The summed E-state index contributed by atoms with van der Waals surface area (Å²) >= 11 is 0. The highest BCUT2D eigenvalue weighted by molar-refractivity contribution is 5.40. The topological polar surface area (TPSA) is 69.7 Å². The molecule has 0 aliphatic heterocycles. The lowest BCUT2D eigenvalue weighted by molar-refractivity contribution is 0.0390. The van der Waals surface area contributed by atoms with E-state index in [1.54, 1.807) is 29.2 Å². The van der Waals surface area contributed by atoms with Crippen LogP contribution in [0, 0.1) is 0 Å². The molecule has 0 bridgehead atoms. The molecule has 0 spiro atoms. The SMILES string of the molecule is CN(C)[C@@H](CO)[C@@H](O)c1ccc(N)cc1. The molecule has 0 aliphatic rings. The van der Waals surface area contributed by atoms with E-state index in [0.717, 1.165) is 5.56 Å². The van der Waals surface area contributed by atoms with Crippen molar-refractivity contribution in [3.8, 4) is 0 Å². The number of nitrogens with two attached hydrogens (primary N) is 1. The number of anilines is 1. The van der Waals surface area contributed by atoms with Crippen molar-refractivity contribution in [2.45, 2.75) is 12.1 Å². The van der Waals surface area contributed by atoms with Gasteiger partial charge >= 0.3 is 0 Å². The highest BCUT2D eigenvalue weighted by Crippen LogP contribution is 2.20. The zero-order valence-corrected chi connectivity index (χ0v) is 9.09. The highest BCUT2D eigenvalue weighted by Gasteiger charge is 2.21. The summed E-state index contributed by atoms with van der Waals surface area (Å²) in [5.74, 6) is 0. The first-order valence-electron chi connectivity index (χ1n) is 4.87. The van der Waals surface area contributed by atoms with Gasteiger partial charge in [-0.3, -0.25) is 0 Å². The first-order chi connectivity index (χ1) is 7.06. The minimum absolute atomic E-state index is 0.0848. The van der Waals surface area contributed by atoms with Crippen LogP contribution in [-0.4, -0.2) is 41.9 Å². The number of nitrogen functional groups attached to an aromatic ring is 1. The molecule has 0 aliphatic carbocycles. The number of hydrogen-bond donors (Lipinski definition) is 3. The molecule has 0 unspecified atom stereocenters. The van der Waals surface area contributed by atoms with Crippen LogP contribution in [0.2, 0.25) is 0 Å². The number of aliphatic hydroxyl groups is 2. The van der Waals surface area contributed by atoms with Gasteiger partial charge in [-0.05, 0) is 31.8 Å². The Kier molecular flexibility index (Phi) is 4.08. The summed E-state index contributed by atoms with van der Waals surface area (Å²) in [6.45, 7) is -0.0848. The largest absolute Gasteiger partial charge is 0.399 e. The number of likely N-dealkylation sites (N-methyl/N-ethyl adjacent to an activating group) is 1. The Morgan fingerprint density at radius 2 is 1.80 bits per heavy atom. The van der Waals surface area contributed by atoms with Gasteiger partial charge in [-0.1, -0.05) is 12.1 Å². The van der Waals surface area contributed by atoms with Crippen LogP contribution < -0.4 is 5.73 Å². The van der Waals surface area contributed by atoms with Crippen molar-refractivity contribution in [3.05, 3.63) is 29.8 Å². The van der Waals surface area contributed by atoms with Crippen molar-refractivity contribution < 1.29 is 10.2 Å². The summed E-state index contributed by atoms with van der Waals surface area (Å²) in [6.07, 6.45) is -0.703. The van der Waals surface area contributed by atoms with Gasteiger partial charge in [0.25, 0.3) is 0 Å². The van der Waals surface area contributed by atoms with Gasteiger partial charge in [0, 0.05) is 5.69 Å². The molecule has 0 saturated heterocycles. The predicted molar refractivity (Wildman–Crippen MR) is 60.4 cm³/mol. The van der Waals surface area contributed by atoms with Gasteiger partial charge in [-0.25, -0.2) is 0 Å². The normalized spacial score (nSPS) is 15.3. The van der Waals surface area contributed by atoms with E-state index in [4.69, 9.17) is 10.8 Å². The van der Waals surface area contributed by atoms with Crippen molar-refractivity contribution in [2.75, 3.05) is 26.4 Å². The number of nitrogens with zero attached hydrogens (tertiary/aromatic N) is 1. The molecule has 1 rings (SSSR count). The first kappa shape index (κ1) is 12.0. The van der Waals surface area contributed by atoms with Crippen LogP contribution in [0.15, 0.2) is 24.3 Å². The Balaban J connectivity index is 2.82. The zero-order chi connectivity index (χ0) is 11.4. The molecule has 0 saturated carbocycles. The van der Waals surface area contributed by atoms with Gasteiger partial charge in [0.15, 0.2) is 0 Å². The van der Waals surface area contributed by atoms with E-state index in [0.29, 0.717) is 5.69 Å². The summed E-state index contributed by atoms with van der Waals surface area (Å²) in [4.78, 5) is 1.79. The summed E-state index contributed by atoms with van der Waals surface area (Å²) in [5, 5.41) is 19.2. The smallest absolute Gasteiger partial charge is 0.0967 e. The monoisotopic (exact) mass is 210 g/mol. The highest BCUT2D eigenvalue weighted by atomic mass is 16.3. The van der Waals surface area contributed by atoms with Gasteiger partial charge in [-0.15, -0.1) is 0 Å². The molecular formula is C11H18N2O2. The zero-order valence-electron chi connectivity index (χ0n) is 9.09. The van der Waals surface area contributed by atoms with Gasteiger partial charge in [0.05, 0.1) is 18.8 Å². The predicted octanol–water partition coefficient (Wildman–Crippen LogP) is 0.225. The van der Waals surface area contributed by atoms with Crippen LogP contribution in [0.4, 0.5) is 5.69 Å². The van der Waals surface area contributed by atoms with E-state index >= 15 is 0 Å². The quantitative estimate of drug-likeness (QED) is 0.622. The Morgan fingerprint density at radius 1 is 1.27 bits per heavy atom. The Labute approximate surface area is 89.9 Å². The lowest BCUT2D eigenvalue weighted by Crippen LogP contribution is -2.37. The fraction of sp³-hybridized carbons (Fsp3) is 0.455. The lowest BCUT2D eigenvalue weighted by Gasteiger charge is -2.27. The van der Waals surface area contributed by atoms with E-state index in [1.165, 1.54) is 0 Å². The van der Waals surface area contributed by atoms with Crippen LogP contribution >= 0.6 is 0 Å². The van der Waals surface area contributed by atoms with Crippen LogP contribution in [0.3, 0.4) is 0 Å². The number of rotatable bonds is 4. The minimum atomic E-state index is -0.703. The van der Waals surface area contributed by atoms with Crippen LogP contribution in [0.25, 0.3) is 0 Å². The maximum Gasteiger partial charge on any atom is 0.0967 e. The summed E-state index contributed by atoms with van der Waals surface area (Å²) < 4.78 is 0. The average molecular weight is 210 g/mol. The second-order valence-electron chi connectivity index (χ2n) is 3.83. The fourth-order valence-corrected chi connectivity index (χ4v) is 1.46. The molecule has 2 atom stereocenters. The molecule has 0 fully saturated rings. The van der Waals surface area contributed by atoms with Crippen molar-refractivity contribution in [3.63, 3.8) is 0 Å². The molecule has 0 amide bonds. The molecule has 15 heavy (non-hydrogen) atoms. The summed E-state index contributed by atoms with van der Waals surface area (Å²) in [7, 11) is 3.64. The maximum atomic E-state index is 10.00. The average Bonchev–Trinajstić information content (AvgIpc) is 2.19. The number of benzene rings is 1. The molecule has 0 aromatic heterocycles. The molecule has 0 heterocycles. The molecule has 4 heteroatoms. The number of aliphatic hydroxyl groups excluding tert-OH is 2. The molecule has 4 nitrogen and oxygen atoms in total. The Morgan fingerprint density at radius 3 is 2.20 bits per heavy atom. The van der Waals surface area contributed by atoms with Crippen molar-refractivity contribution in [1.29, 1.82) is 0 Å².